The number of nitrogens with one attached hydrogen (secondary N) is 2. The molecule has 0 aliphatic rings. The van der Waals surface area contributed by atoms with Crippen LogP contribution in [0, 0.1) is 6.92 Å². The molecular weight excluding hydrogens is 406 g/mol. The first kappa shape index (κ1) is 18.9. The molecule has 0 fully saturated rings. The van der Waals surface area contributed by atoms with Crippen LogP contribution in [0.1, 0.15) is 5.56 Å². The van der Waals surface area contributed by atoms with Gasteiger partial charge in [-0.1, -0.05) is 46.3 Å². The number of aryl methyl sites for hydroxylation is 1. The zero-order valence-corrected chi connectivity index (χ0v) is 16.7. The van der Waals surface area contributed by atoms with Gasteiger partial charge < -0.3 is 15.5 Å². The van der Waals surface area contributed by atoms with Crippen LogP contribution in [0.2, 0.25) is 0 Å². The van der Waals surface area contributed by atoms with E-state index in [-0.39, 0.29) is 18.5 Å². The van der Waals surface area contributed by atoms with E-state index < -0.39 is 0 Å². The second kappa shape index (κ2) is 8.22. The van der Waals surface area contributed by atoms with Crippen molar-refractivity contribution in [2.24, 2.45) is 0 Å². The molecule has 0 bridgehead atoms. The maximum absolute atomic E-state index is 12.4. The predicted molar refractivity (Wildman–Crippen MR) is 113 cm³/mol. The van der Waals surface area contributed by atoms with E-state index in [9.17, 15) is 9.59 Å². The topological polar surface area (TPSA) is 61.4 Å². The molecule has 0 radical (unpaired) electrons. The summed E-state index contributed by atoms with van der Waals surface area (Å²) in [5, 5.41) is 7.80. The third kappa shape index (κ3) is 4.86. The Hall–Kier alpha value is -2.86. The first-order chi connectivity index (χ1) is 12.9. The van der Waals surface area contributed by atoms with Crippen molar-refractivity contribution in [2.45, 2.75) is 6.92 Å². The lowest BCUT2D eigenvalue weighted by atomic mass is 10.1. The zero-order chi connectivity index (χ0) is 19.4. The van der Waals surface area contributed by atoms with Crippen LogP contribution in [0.4, 0.5) is 16.2 Å². The molecule has 0 saturated heterocycles. The number of likely N-dealkylation sites (N-methyl/N-ethyl adjacent to an activating group) is 1. The monoisotopic (exact) mass is 425 g/mol. The van der Waals surface area contributed by atoms with Crippen LogP contribution in [0.15, 0.2) is 65.1 Å². The lowest BCUT2D eigenvalue weighted by molar-refractivity contribution is -0.116. The Morgan fingerprint density at radius 3 is 2.44 bits per heavy atom. The normalized spacial score (nSPS) is 10.5. The van der Waals surface area contributed by atoms with Crippen LogP contribution in [-0.2, 0) is 4.79 Å². The molecule has 5 nitrogen and oxygen atoms in total. The Kier molecular flexibility index (Phi) is 5.76. The van der Waals surface area contributed by atoms with E-state index in [4.69, 9.17) is 0 Å². The van der Waals surface area contributed by atoms with Crippen molar-refractivity contribution in [3.8, 4) is 0 Å². The number of nitrogens with zero attached hydrogens (tertiary/aromatic N) is 1. The summed E-state index contributed by atoms with van der Waals surface area (Å²) in [4.78, 5) is 26.0. The van der Waals surface area contributed by atoms with Gasteiger partial charge in [-0.2, -0.15) is 0 Å². The summed E-state index contributed by atoms with van der Waals surface area (Å²) >= 11 is 3.39. The van der Waals surface area contributed by atoms with Crippen molar-refractivity contribution < 1.29 is 9.59 Å². The molecule has 27 heavy (non-hydrogen) atoms. The SMILES string of the molecule is Cc1cc(Br)ccc1NC(=O)CN(C)C(=O)Nc1ccc2ccccc2c1. The fourth-order valence-electron chi connectivity index (χ4n) is 2.73. The van der Waals surface area contributed by atoms with Crippen molar-refractivity contribution in [3.63, 3.8) is 0 Å². The van der Waals surface area contributed by atoms with Gasteiger partial charge in [0.05, 0.1) is 0 Å². The molecule has 3 aromatic rings. The number of hydrogen-bond donors (Lipinski definition) is 2. The Labute approximate surface area is 166 Å². The van der Waals surface area contributed by atoms with Crippen molar-refractivity contribution in [1.82, 2.24) is 4.90 Å². The number of hydrogen-bond acceptors (Lipinski definition) is 2. The Morgan fingerprint density at radius 2 is 1.70 bits per heavy atom. The van der Waals surface area contributed by atoms with Crippen LogP contribution in [0.3, 0.4) is 0 Å². The van der Waals surface area contributed by atoms with Crippen LogP contribution in [0.25, 0.3) is 10.8 Å². The fraction of sp³-hybridized carbons (Fsp3) is 0.143. The number of fused-ring (bicyclic) bond motifs is 1. The summed E-state index contributed by atoms with van der Waals surface area (Å²) in [5.74, 6) is -0.253. The Morgan fingerprint density at radius 1 is 0.963 bits per heavy atom. The predicted octanol–water partition coefficient (Wildman–Crippen LogP) is 5.01. The molecule has 0 heterocycles. The van der Waals surface area contributed by atoms with Crippen molar-refractivity contribution in [1.29, 1.82) is 0 Å². The highest BCUT2D eigenvalue weighted by molar-refractivity contribution is 9.10. The van der Waals surface area contributed by atoms with Gasteiger partial charge in [0.2, 0.25) is 5.91 Å². The number of urea groups is 1. The van der Waals surface area contributed by atoms with E-state index in [0.29, 0.717) is 5.69 Å². The van der Waals surface area contributed by atoms with Gasteiger partial charge in [0.1, 0.15) is 6.54 Å². The Bertz CT molecular complexity index is 1000. The van der Waals surface area contributed by atoms with Crippen molar-refractivity contribution in [3.05, 3.63) is 70.7 Å². The summed E-state index contributed by atoms with van der Waals surface area (Å²) in [7, 11) is 1.59. The zero-order valence-electron chi connectivity index (χ0n) is 15.1. The van der Waals surface area contributed by atoms with Crippen LogP contribution in [0.5, 0.6) is 0 Å². The van der Waals surface area contributed by atoms with Gasteiger partial charge in [-0.15, -0.1) is 0 Å². The highest BCUT2D eigenvalue weighted by Crippen LogP contribution is 2.20. The van der Waals surface area contributed by atoms with E-state index in [0.717, 1.165) is 26.5 Å². The van der Waals surface area contributed by atoms with Crippen molar-refractivity contribution in [2.75, 3.05) is 24.2 Å². The first-order valence-electron chi connectivity index (χ1n) is 8.49. The van der Waals surface area contributed by atoms with Gasteiger partial charge in [-0.25, -0.2) is 4.79 Å². The van der Waals surface area contributed by atoms with E-state index in [1.54, 1.807) is 7.05 Å². The third-order valence-electron chi connectivity index (χ3n) is 4.19. The molecule has 138 valence electrons. The van der Waals surface area contributed by atoms with Gasteiger partial charge >= 0.3 is 6.03 Å². The molecule has 6 heteroatoms. The van der Waals surface area contributed by atoms with E-state index in [1.807, 2.05) is 67.6 Å². The second-order valence-corrected chi connectivity index (χ2v) is 7.27. The first-order valence-corrected chi connectivity index (χ1v) is 9.28. The number of carbonyl (C=O) groups excluding carboxylic acids is 2. The molecule has 3 rings (SSSR count). The molecular formula is C21H20BrN3O2. The maximum Gasteiger partial charge on any atom is 0.322 e. The molecule has 2 N–H and O–H groups in total. The minimum Gasteiger partial charge on any atom is -0.324 e. The van der Waals surface area contributed by atoms with Gasteiger partial charge in [-0.05, 0) is 53.6 Å². The minimum absolute atomic E-state index is 0.0467. The van der Waals surface area contributed by atoms with Crippen LogP contribution in [-0.4, -0.2) is 30.4 Å². The average Bonchev–Trinajstić information content (AvgIpc) is 2.64. The number of rotatable bonds is 4. The van der Waals surface area contributed by atoms with E-state index in [1.165, 1.54) is 4.90 Å². The molecule has 0 aromatic heterocycles. The summed E-state index contributed by atoms with van der Waals surface area (Å²) in [6.45, 7) is 1.87. The van der Waals surface area contributed by atoms with Gasteiger partial charge in [-0.3, -0.25) is 4.79 Å². The molecule has 0 saturated carbocycles. The van der Waals surface area contributed by atoms with Crippen LogP contribution < -0.4 is 10.6 Å². The molecule has 0 aliphatic carbocycles. The average molecular weight is 426 g/mol. The molecule has 0 atom stereocenters. The van der Waals surface area contributed by atoms with Gasteiger partial charge in [0.15, 0.2) is 0 Å². The lowest BCUT2D eigenvalue weighted by Crippen LogP contribution is -2.37. The summed E-state index contributed by atoms with van der Waals surface area (Å²) in [5.41, 5.74) is 2.36. The third-order valence-corrected chi connectivity index (χ3v) is 4.68. The summed E-state index contributed by atoms with van der Waals surface area (Å²) < 4.78 is 0.949. The van der Waals surface area contributed by atoms with E-state index >= 15 is 0 Å². The maximum atomic E-state index is 12.4. The quantitative estimate of drug-likeness (QED) is 0.616. The fourth-order valence-corrected chi connectivity index (χ4v) is 3.21. The van der Waals surface area contributed by atoms with Crippen molar-refractivity contribution >= 4 is 50.0 Å². The smallest absolute Gasteiger partial charge is 0.322 e. The molecule has 3 amide bonds. The molecule has 0 spiro atoms. The lowest BCUT2D eigenvalue weighted by Gasteiger charge is -2.18. The Balaban J connectivity index is 1.60. The van der Waals surface area contributed by atoms with E-state index in [2.05, 4.69) is 26.6 Å². The van der Waals surface area contributed by atoms with Gasteiger partial charge in [0.25, 0.3) is 0 Å². The summed E-state index contributed by atoms with van der Waals surface area (Å²) in [6, 6.07) is 18.9. The highest BCUT2D eigenvalue weighted by atomic mass is 79.9. The van der Waals surface area contributed by atoms with Gasteiger partial charge in [0, 0.05) is 22.9 Å². The number of benzene rings is 3. The van der Waals surface area contributed by atoms with Crippen LogP contribution >= 0.6 is 15.9 Å². The second-order valence-electron chi connectivity index (χ2n) is 6.36. The summed E-state index contributed by atoms with van der Waals surface area (Å²) in [6.07, 6.45) is 0. The molecule has 0 unspecified atom stereocenters. The number of halogens is 1. The number of carbonyl (C=O) groups is 2. The molecule has 3 aromatic carbocycles. The molecule has 0 aliphatic heterocycles. The number of amides is 3. The minimum atomic E-state index is -0.340. The largest absolute Gasteiger partial charge is 0.324 e. The number of anilines is 2. The highest BCUT2D eigenvalue weighted by Gasteiger charge is 2.14. The standard InChI is InChI=1S/C21H20BrN3O2/c1-14-11-17(22)8-10-19(14)24-20(26)13-25(2)21(27)23-18-9-7-15-5-3-4-6-16(15)12-18/h3-12H,13H2,1-2H3,(H,23,27)(H,24,26).